The Kier molecular flexibility index (Phi) is 4.33. The van der Waals surface area contributed by atoms with Gasteiger partial charge in [0, 0.05) is 13.1 Å². The lowest BCUT2D eigenvalue weighted by molar-refractivity contribution is -0.130. The molecule has 1 aliphatic carbocycles. The summed E-state index contributed by atoms with van der Waals surface area (Å²) in [7, 11) is 1.78. The number of hydrogen-bond acceptors (Lipinski definition) is 2. The van der Waals surface area contributed by atoms with Crippen LogP contribution in [-0.4, -0.2) is 35.1 Å². The number of rotatable bonds is 2. The van der Waals surface area contributed by atoms with Crippen LogP contribution in [0.5, 0.6) is 0 Å². The minimum Gasteiger partial charge on any atom is -0.391 e. The van der Waals surface area contributed by atoms with Crippen molar-refractivity contribution in [1.29, 1.82) is 0 Å². The number of aliphatic hydroxyl groups is 1. The molecule has 86 valence electrons. The molecular formula is C12H21NO2. The topological polar surface area (TPSA) is 40.5 Å². The lowest BCUT2D eigenvalue weighted by Gasteiger charge is -2.34. The van der Waals surface area contributed by atoms with Crippen molar-refractivity contribution in [3.63, 3.8) is 0 Å². The number of hydrogen-bond donors (Lipinski definition) is 1. The molecule has 0 aromatic rings. The maximum absolute atomic E-state index is 11.7. The second-order valence-corrected chi connectivity index (χ2v) is 4.59. The standard InChI is InChI=1S/C12H21NO2/c1-9(2)8-12(15)13(3)10-6-4-5-7-11(10)14/h8,10-11,14H,4-7H2,1-3H3. The van der Waals surface area contributed by atoms with E-state index in [2.05, 4.69) is 0 Å². The van der Waals surface area contributed by atoms with Gasteiger partial charge in [0.25, 0.3) is 0 Å². The van der Waals surface area contributed by atoms with E-state index in [1.165, 1.54) is 0 Å². The number of aliphatic hydroxyl groups excluding tert-OH is 1. The molecule has 1 aliphatic rings. The third kappa shape index (κ3) is 3.34. The largest absolute Gasteiger partial charge is 0.391 e. The number of carbonyl (C=O) groups excluding carboxylic acids is 1. The van der Waals surface area contributed by atoms with Gasteiger partial charge in [-0.3, -0.25) is 4.79 Å². The Labute approximate surface area is 91.8 Å². The van der Waals surface area contributed by atoms with Gasteiger partial charge in [0.05, 0.1) is 12.1 Å². The zero-order valence-electron chi connectivity index (χ0n) is 9.86. The predicted octanol–water partition coefficient (Wildman–Crippen LogP) is 1.71. The first-order valence-corrected chi connectivity index (χ1v) is 5.62. The highest BCUT2D eigenvalue weighted by molar-refractivity contribution is 5.88. The van der Waals surface area contributed by atoms with Crippen LogP contribution in [0.1, 0.15) is 39.5 Å². The summed E-state index contributed by atoms with van der Waals surface area (Å²) >= 11 is 0. The van der Waals surface area contributed by atoms with E-state index in [-0.39, 0.29) is 18.1 Å². The van der Waals surface area contributed by atoms with Gasteiger partial charge in [0.15, 0.2) is 0 Å². The third-order valence-corrected chi connectivity index (χ3v) is 2.95. The first-order valence-electron chi connectivity index (χ1n) is 5.62. The van der Waals surface area contributed by atoms with Crippen molar-refractivity contribution in [1.82, 2.24) is 4.90 Å². The van der Waals surface area contributed by atoms with Gasteiger partial charge < -0.3 is 10.0 Å². The molecule has 0 aromatic carbocycles. The van der Waals surface area contributed by atoms with Crippen molar-refractivity contribution in [2.75, 3.05) is 7.05 Å². The molecule has 0 spiro atoms. The van der Waals surface area contributed by atoms with Crippen LogP contribution in [0.25, 0.3) is 0 Å². The van der Waals surface area contributed by atoms with E-state index in [4.69, 9.17) is 0 Å². The van der Waals surface area contributed by atoms with Crippen molar-refractivity contribution < 1.29 is 9.90 Å². The molecule has 0 aliphatic heterocycles. The molecule has 3 heteroatoms. The molecule has 3 nitrogen and oxygen atoms in total. The summed E-state index contributed by atoms with van der Waals surface area (Å²) in [6.45, 7) is 3.81. The fourth-order valence-corrected chi connectivity index (χ4v) is 2.06. The monoisotopic (exact) mass is 211 g/mol. The van der Waals surface area contributed by atoms with Crippen molar-refractivity contribution >= 4 is 5.91 Å². The van der Waals surface area contributed by atoms with Crippen LogP contribution in [0, 0.1) is 0 Å². The van der Waals surface area contributed by atoms with Crippen LogP contribution in [0.15, 0.2) is 11.6 Å². The van der Waals surface area contributed by atoms with E-state index in [1.807, 2.05) is 13.8 Å². The summed E-state index contributed by atoms with van der Waals surface area (Å²) in [5.41, 5.74) is 0.997. The van der Waals surface area contributed by atoms with Crippen LogP contribution < -0.4 is 0 Å². The van der Waals surface area contributed by atoms with Gasteiger partial charge in [-0.15, -0.1) is 0 Å². The number of allylic oxidation sites excluding steroid dienone is 1. The van der Waals surface area contributed by atoms with Gasteiger partial charge in [0.1, 0.15) is 0 Å². The number of likely N-dealkylation sites (N-methyl/N-ethyl adjacent to an activating group) is 1. The first kappa shape index (κ1) is 12.2. The maximum Gasteiger partial charge on any atom is 0.246 e. The zero-order chi connectivity index (χ0) is 11.4. The number of nitrogens with zero attached hydrogens (tertiary/aromatic N) is 1. The average molecular weight is 211 g/mol. The van der Waals surface area contributed by atoms with Crippen molar-refractivity contribution in [2.45, 2.75) is 51.7 Å². The highest BCUT2D eigenvalue weighted by Gasteiger charge is 2.28. The van der Waals surface area contributed by atoms with Crippen LogP contribution >= 0.6 is 0 Å². The van der Waals surface area contributed by atoms with Gasteiger partial charge in [-0.1, -0.05) is 18.4 Å². The van der Waals surface area contributed by atoms with Crippen LogP contribution in [-0.2, 0) is 4.79 Å². The van der Waals surface area contributed by atoms with E-state index in [0.717, 1.165) is 31.3 Å². The van der Waals surface area contributed by atoms with Crippen LogP contribution in [0.3, 0.4) is 0 Å². The van der Waals surface area contributed by atoms with Gasteiger partial charge in [-0.2, -0.15) is 0 Å². The van der Waals surface area contributed by atoms with Crippen molar-refractivity contribution in [3.8, 4) is 0 Å². The van der Waals surface area contributed by atoms with Gasteiger partial charge in [0.2, 0.25) is 5.91 Å². The average Bonchev–Trinajstić information content (AvgIpc) is 2.16. The molecule has 2 atom stereocenters. The smallest absolute Gasteiger partial charge is 0.246 e. The molecule has 0 saturated heterocycles. The highest BCUT2D eigenvalue weighted by atomic mass is 16.3. The Morgan fingerprint density at radius 1 is 1.33 bits per heavy atom. The molecule has 1 amide bonds. The quantitative estimate of drug-likeness (QED) is 0.706. The van der Waals surface area contributed by atoms with E-state index < -0.39 is 0 Å². The molecule has 15 heavy (non-hydrogen) atoms. The second kappa shape index (κ2) is 5.31. The summed E-state index contributed by atoms with van der Waals surface area (Å²) < 4.78 is 0. The van der Waals surface area contributed by atoms with Crippen LogP contribution in [0.4, 0.5) is 0 Å². The molecule has 0 aromatic heterocycles. The van der Waals surface area contributed by atoms with Crippen molar-refractivity contribution in [3.05, 3.63) is 11.6 Å². The van der Waals surface area contributed by atoms with Gasteiger partial charge in [-0.25, -0.2) is 0 Å². The Bertz CT molecular complexity index is 256. The summed E-state index contributed by atoms with van der Waals surface area (Å²) in [5, 5.41) is 9.81. The molecule has 1 saturated carbocycles. The van der Waals surface area contributed by atoms with Crippen LogP contribution in [0.2, 0.25) is 0 Å². The van der Waals surface area contributed by atoms with Gasteiger partial charge in [-0.05, 0) is 26.7 Å². The summed E-state index contributed by atoms with van der Waals surface area (Å²) in [4.78, 5) is 13.4. The Morgan fingerprint density at radius 3 is 2.47 bits per heavy atom. The Balaban J connectivity index is 2.62. The molecule has 0 bridgehead atoms. The Hall–Kier alpha value is -0.830. The molecule has 1 rings (SSSR count). The van der Waals surface area contributed by atoms with E-state index >= 15 is 0 Å². The zero-order valence-corrected chi connectivity index (χ0v) is 9.86. The molecule has 0 radical (unpaired) electrons. The van der Waals surface area contributed by atoms with E-state index in [1.54, 1.807) is 18.0 Å². The lowest BCUT2D eigenvalue weighted by Crippen LogP contribution is -2.45. The maximum atomic E-state index is 11.7. The fraction of sp³-hybridized carbons (Fsp3) is 0.750. The SMILES string of the molecule is CC(C)=CC(=O)N(C)C1CCCCC1O. The molecule has 0 heterocycles. The molecular weight excluding hydrogens is 190 g/mol. The molecule has 2 unspecified atom stereocenters. The molecule has 1 N–H and O–H groups in total. The van der Waals surface area contributed by atoms with Crippen molar-refractivity contribution in [2.24, 2.45) is 0 Å². The fourth-order valence-electron chi connectivity index (χ4n) is 2.06. The summed E-state index contributed by atoms with van der Waals surface area (Å²) in [6.07, 6.45) is 5.19. The summed E-state index contributed by atoms with van der Waals surface area (Å²) in [5.74, 6) is 0.000880. The third-order valence-electron chi connectivity index (χ3n) is 2.95. The second-order valence-electron chi connectivity index (χ2n) is 4.59. The predicted molar refractivity (Wildman–Crippen MR) is 60.5 cm³/mol. The normalized spacial score (nSPS) is 25.9. The summed E-state index contributed by atoms with van der Waals surface area (Å²) in [6, 6.07) is 0.00171. The van der Waals surface area contributed by atoms with Gasteiger partial charge >= 0.3 is 0 Å². The van der Waals surface area contributed by atoms with E-state index in [0.29, 0.717) is 0 Å². The minimum absolute atomic E-state index is 0.000880. The number of carbonyl (C=O) groups is 1. The minimum atomic E-state index is -0.349. The first-order chi connectivity index (χ1) is 7.02. The lowest BCUT2D eigenvalue weighted by atomic mass is 9.91. The molecule has 1 fully saturated rings. The number of amides is 1. The highest BCUT2D eigenvalue weighted by Crippen LogP contribution is 2.22. The van der Waals surface area contributed by atoms with E-state index in [9.17, 15) is 9.90 Å². The Morgan fingerprint density at radius 2 is 1.93 bits per heavy atom.